The van der Waals surface area contributed by atoms with Crippen LogP contribution in [-0.2, 0) is 11.4 Å². The van der Waals surface area contributed by atoms with Gasteiger partial charge in [-0.1, -0.05) is 76.7 Å². The van der Waals surface area contributed by atoms with E-state index in [9.17, 15) is 10.1 Å². The van der Waals surface area contributed by atoms with Crippen LogP contribution in [-0.4, -0.2) is 5.91 Å². The van der Waals surface area contributed by atoms with Crippen molar-refractivity contribution in [2.75, 3.05) is 5.32 Å². The van der Waals surface area contributed by atoms with Gasteiger partial charge in [0, 0.05) is 21.2 Å². The molecule has 31 heavy (non-hydrogen) atoms. The average molecular weight is 492 g/mol. The average Bonchev–Trinajstić information content (AvgIpc) is 2.75. The molecule has 0 unspecified atom stereocenters. The number of nitriles is 1. The number of ether oxygens (including phenoxy) is 1. The first-order chi connectivity index (χ1) is 14.9. The number of anilines is 1. The molecule has 0 aromatic heterocycles. The van der Waals surface area contributed by atoms with Gasteiger partial charge in [-0.05, 0) is 36.4 Å². The largest absolute Gasteiger partial charge is 0.488 e. The van der Waals surface area contributed by atoms with E-state index in [1.807, 2.05) is 6.07 Å². The summed E-state index contributed by atoms with van der Waals surface area (Å²) in [6.45, 7) is 0.188. The number of hydrogen-bond acceptors (Lipinski definition) is 3. The normalized spacial score (nSPS) is 11.0. The number of carbonyl (C=O) groups is 1. The highest BCUT2D eigenvalue weighted by atomic mass is 35.5. The van der Waals surface area contributed by atoms with Crippen molar-refractivity contribution in [2.45, 2.75) is 6.61 Å². The quantitative estimate of drug-likeness (QED) is 0.288. The van der Waals surface area contributed by atoms with Gasteiger partial charge in [-0.3, -0.25) is 4.79 Å². The number of para-hydroxylation sites is 1. The molecule has 3 aromatic rings. The smallest absolute Gasteiger partial charge is 0.266 e. The summed E-state index contributed by atoms with van der Waals surface area (Å²) < 4.78 is 5.87. The summed E-state index contributed by atoms with van der Waals surface area (Å²) in [6.07, 6.45) is 1.44. The lowest BCUT2D eigenvalue weighted by Gasteiger charge is -2.11. The Labute approximate surface area is 199 Å². The van der Waals surface area contributed by atoms with E-state index in [1.54, 1.807) is 60.7 Å². The second kappa shape index (κ2) is 10.6. The molecule has 0 fully saturated rings. The van der Waals surface area contributed by atoms with Crippen LogP contribution in [0.1, 0.15) is 11.1 Å². The maximum Gasteiger partial charge on any atom is 0.266 e. The minimum atomic E-state index is -0.623. The predicted octanol–water partition coefficient (Wildman–Crippen LogP) is 7.42. The van der Waals surface area contributed by atoms with E-state index in [0.717, 1.165) is 5.56 Å². The van der Waals surface area contributed by atoms with Gasteiger partial charge in [0.1, 0.15) is 24.0 Å². The van der Waals surface area contributed by atoms with Gasteiger partial charge in [-0.25, -0.2) is 0 Å². The molecule has 4 nitrogen and oxygen atoms in total. The highest BCUT2D eigenvalue weighted by Crippen LogP contribution is 2.30. The van der Waals surface area contributed by atoms with Crippen LogP contribution in [0, 0.1) is 11.3 Å². The van der Waals surface area contributed by atoms with Crippen LogP contribution in [0.2, 0.25) is 20.1 Å². The van der Waals surface area contributed by atoms with Crippen molar-refractivity contribution in [1.82, 2.24) is 0 Å². The summed E-state index contributed by atoms with van der Waals surface area (Å²) in [5, 5.41) is 13.6. The SMILES string of the molecule is N#C/C(=C/c1ccccc1OCc1ccc(Cl)cc1Cl)C(=O)Nc1cccc(Cl)c1Cl. The van der Waals surface area contributed by atoms with E-state index < -0.39 is 5.91 Å². The molecular formula is C23H14Cl4N2O2. The molecule has 0 radical (unpaired) electrons. The molecule has 0 heterocycles. The van der Waals surface area contributed by atoms with Crippen molar-refractivity contribution in [3.05, 3.63) is 97.5 Å². The summed E-state index contributed by atoms with van der Waals surface area (Å²) in [5.74, 6) is -0.142. The first kappa shape index (κ1) is 23.0. The number of benzene rings is 3. The Hall–Kier alpha value is -2.68. The van der Waals surface area contributed by atoms with Gasteiger partial charge in [0.25, 0.3) is 5.91 Å². The molecule has 0 aliphatic carbocycles. The van der Waals surface area contributed by atoms with Crippen LogP contribution in [0.25, 0.3) is 6.08 Å². The lowest BCUT2D eigenvalue weighted by atomic mass is 10.1. The molecule has 3 rings (SSSR count). The van der Waals surface area contributed by atoms with Gasteiger partial charge in [-0.15, -0.1) is 0 Å². The Morgan fingerprint density at radius 1 is 1.00 bits per heavy atom. The highest BCUT2D eigenvalue weighted by molar-refractivity contribution is 6.44. The third kappa shape index (κ3) is 5.94. The van der Waals surface area contributed by atoms with Gasteiger partial charge < -0.3 is 10.1 Å². The third-order valence-corrected chi connectivity index (χ3v) is 5.59. The molecule has 1 amide bonds. The van der Waals surface area contributed by atoms with Crippen LogP contribution >= 0.6 is 46.4 Å². The summed E-state index contributed by atoms with van der Waals surface area (Å²) in [7, 11) is 0. The van der Waals surface area contributed by atoms with E-state index in [0.29, 0.717) is 32.1 Å². The molecule has 0 spiro atoms. The van der Waals surface area contributed by atoms with Crippen molar-refractivity contribution in [1.29, 1.82) is 5.26 Å². The zero-order valence-electron chi connectivity index (χ0n) is 15.8. The molecule has 1 N–H and O–H groups in total. The minimum absolute atomic E-state index is 0.128. The summed E-state index contributed by atoms with van der Waals surface area (Å²) in [5.41, 5.74) is 1.48. The molecular weight excluding hydrogens is 478 g/mol. The lowest BCUT2D eigenvalue weighted by molar-refractivity contribution is -0.112. The van der Waals surface area contributed by atoms with Gasteiger partial charge >= 0.3 is 0 Å². The maximum atomic E-state index is 12.6. The molecule has 0 saturated heterocycles. The molecule has 0 aliphatic heterocycles. The monoisotopic (exact) mass is 490 g/mol. The molecule has 0 saturated carbocycles. The zero-order chi connectivity index (χ0) is 22.4. The number of nitrogens with zero attached hydrogens (tertiary/aromatic N) is 1. The predicted molar refractivity (Wildman–Crippen MR) is 126 cm³/mol. The second-order valence-electron chi connectivity index (χ2n) is 6.29. The first-order valence-corrected chi connectivity index (χ1v) is 10.4. The fourth-order valence-electron chi connectivity index (χ4n) is 2.62. The topological polar surface area (TPSA) is 62.1 Å². The minimum Gasteiger partial charge on any atom is -0.488 e. The Balaban J connectivity index is 1.82. The van der Waals surface area contributed by atoms with Crippen LogP contribution < -0.4 is 10.1 Å². The van der Waals surface area contributed by atoms with E-state index in [2.05, 4.69) is 5.32 Å². The number of carbonyl (C=O) groups excluding carboxylic acids is 1. The van der Waals surface area contributed by atoms with E-state index in [-0.39, 0.29) is 17.2 Å². The zero-order valence-corrected chi connectivity index (χ0v) is 18.9. The molecule has 8 heteroatoms. The maximum absolute atomic E-state index is 12.6. The fraction of sp³-hybridized carbons (Fsp3) is 0.0435. The Kier molecular flexibility index (Phi) is 7.84. The number of halogens is 4. The third-order valence-electron chi connectivity index (χ3n) is 4.18. The van der Waals surface area contributed by atoms with E-state index in [4.69, 9.17) is 51.1 Å². The lowest BCUT2D eigenvalue weighted by Crippen LogP contribution is -2.13. The number of nitrogens with one attached hydrogen (secondary N) is 1. The fourth-order valence-corrected chi connectivity index (χ4v) is 3.43. The Bertz CT molecular complexity index is 1200. The molecule has 0 aliphatic rings. The van der Waals surface area contributed by atoms with Crippen LogP contribution in [0.15, 0.2) is 66.2 Å². The summed E-state index contributed by atoms with van der Waals surface area (Å²) in [4.78, 5) is 12.6. The van der Waals surface area contributed by atoms with Gasteiger partial charge in [-0.2, -0.15) is 5.26 Å². The second-order valence-corrected chi connectivity index (χ2v) is 7.92. The Morgan fingerprint density at radius 2 is 1.77 bits per heavy atom. The Morgan fingerprint density at radius 3 is 2.52 bits per heavy atom. The van der Waals surface area contributed by atoms with Crippen molar-refractivity contribution in [3.63, 3.8) is 0 Å². The standard InChI is InChI=1S/C23H14Cl4N2O2/c24-17-9-8-15(19(26)11-17)13-31-21-7-2-1-4-14(21)10-16(12-28)23(30)29-20-6-3-5-18(25)22(20)27/h1-11H,13H2,(H,29,30)/b16-10-. The molecule has 3 aromatic carbocycles. The van der Waals surface area contributed by atoms with Crippen LogP contribution in [0.4, 0.5) is 5.69 Å². The molecule has 0 bridgehead atoms. The van der Waals surface area contributed by atoms with Crippen LogP contribution in [0.3, 0.4) is 0 Å². The van der Waals surface area contributed by atoms with Crippen molar-refractivity contribution < 1.29 is 9.53 Å². The van der Waals surface area contributed by atoms with E-state index >= 15 is 0 Å². The number of hydrogen-bond donors (Lipinski definition) is 1. The summed E-state index contributed by atoms with van der Waals surface area (Å²) in [6, 6.07) is 18.9. The number of rotatable bonds is 6. The van der Waals surface area contributed by atoms with Crippen LogP contribution in [0.5, 0.6) is 5.75 Å². The first-order valence-electron chi connectivity index (χ1n) is 8.92. The van der Waals surface area contributed by atoms with Crippen molar-refractivity contribution in [3.8, 4) is 11.8 Å². The van der Waals surface area contributed by atoms with Gasteiger partial charge in [0.2, 0.25) is 0 Å². The van der Waals surface area contributed by atoms with Crippen molar-refractivity contribution in [2.24, 2.45) is 0 Å². The summed E-state index contributed by atoms with van der Waals surface area (Å²) >= 11 is 24.2. The van der Waals surface area contributed by atoms with Gasteiger partial charge in [0.15, 0.2) is 0 Å². The number of amides is 1. The molecule has 156 valence electrons. The van der Waals surface area contributed by atoms with Crippen molar-refractivity contribution >= 4 is 64.1 Å². The van der Waals surface area contributed by atoms with Gasteiger partial charge in [0.05, 0.1) is 15.7 Å². The van der Waals surface area contributed by atoms with E-state index in [1.165, 1.54) is 6.08 Å². The molecule has 0 atom stereocenters. The highest BCUT2D eigenvalue weighted by Gasteiger charge is 2.14.